The monoisotopic (exact) mass is 343 g/mol. The van der Waals surface area contributed by atoms with E-state index in [9.17, 15) is 9.90 Å². The predicted octanol–water partition coefficient (Wildman–Crippen LogP) is 4.96. The number of carbonyl (C=O) groups is 1. The summed E-state index contributed by atoms with van der Waals surface area (Å²) in [6.07, 6.45) is 6.05. The predicted molar refractivity (Wildman–Crippen MR) is 101 cm³/mol. The van der Waals surface area contributed by atoms with Gasteiger partial charge in [0.05, 0.1) is 11.9 Å². The van der Waals surface area contributed by atoms with Crippen LogP contribution < -0.4 is 0 Å². The van der Waals surface area contributed by atoms with Gasteiger partial charge in [-0.05, 0) is 39.2 Å². The van der Waals surface area contributed by atoms with Crippen LogP contribution in [-0.4, -0.2) is 38.2 Å². The van der Waals surface area contributed by atoms with Crippen molar-refractivity contribution in [3.8, 4) is 11.3 Å². The van der Waals surface area contributed by atoms with Crippen LogP contribution in [0.4, 0.5) is 4.79 Å². The number of unbranched alkanes of at least 4 members (excludes halogenated alkanes) is 3. The fraction of sp³-hybridized carbons (Fsp3) is 0.500. The quantitative estimate of drug-likeness (QED) is 0.666. The van der Waals surface area contributed by atoms with E-state index in [1.54, 1.807) is 0 Å². The summed E-state index contributed by atoms with van der Waals surface area (Å²) in [5.41, 5.74) is 1.86. The molecule has 5 heteroatoms. The number of nitrogens with one attached hydrogen (secondary N) is 1. The largest absolute Gasteiger partial charge is 0.465 e. The molecule has 5 nitrogen and oxygen atoms in total. The highest BCUT2D eigenvalue weighted by atomic mass is 16.4. The molecule has 1 aromatic heterocycles. The van der Waals surface area contributed by atoms with Crippen molar-refractivity contribution in [3.63, 3.8) is 0 Å². The molecule has 0 saturated heterocycles. The number of hydrogen-bond donors (Lipinski definition) is 2. The van der Waals surface area contributed by atoms with E-state index in [-0.39, 0.29) is 5.54 Å². The molecular formula is C20H29N3O2. The van der Waals surface area contributed by atoms with Crippen molar-refractivity contribution in [1.82, 2.24) is 14.9 Å². The van der Waals surface area contributed by atoms with E-state index in [1.165, 1.54) is 4.90 Å². The lowest BCUT2D eigenvalue weighted by Crippen LogP contribution is -2.45. The summed E-state index contributed by atoms with van der Waals surface area (Å²) in [6, 6.07) is 10.2. The molecule has 136 valence electrons. The van der Waals surface area contributed by atoms with E-state index in [2.05, 4.69) is 22.1 Å². The summed E-state index contributed by atoms with van der Waals surface area (Å²) in [4.78, 5) is 20.6. The maximum atomic E-state index is 11.3. The zero-order valence-corrected chi connectivity index (χ0v) is 15.5. The highest BCUT2D eigenvalue weighted by Gasteiger charge is 2.25. The molecule has 0 radical (unpaired) electrons. The number of carboxylic acid groups (broad SMARTS) is 1. The number of rotatable bonds is 8. The van der Waals surface area contributed by atoms with E-state index in [1.807, 2.05) is 45.2 Å². The minimum Gasteiger partial charge on any atom is -0.465 e. The number of benzene rings is 1. The molecule has 0 spiro atoms. The van der Waals surface area contributed by atoms with Crippen LogP contribution in [0.2, 0.25) is 0 Å². The number of amides is 1. The fourth-order valence-corrected chi connectivity index (χ4v) is 2.89. The van der Waals surface area contributed by atoms with Crippen molar-refractivity contribution in [2.75, 3.05) is 6.54 Å². The summed E-state index contributed by atoms with van der Waals surface area (Å²) in [7, 11) is 0. The van der Waals surface area contributed by atoms with Gasteiger partial charge in [-0.1, -0.05) is 43.2 Å². The van der Waals surface area contributed by atoms with Gasteiger partial charge in [-0.15, -0.1) is 0 Å². The summed E-state index contributed by atoms with van der Waals surface area (Å²) in [5, 5.41) is 9.27. The first-order valence-corrected chi connectivity index (χ1v) is 8.98. The van der Waals surface area contributed by atoms with Gasteiger partial charge in [-0.3, -0.25) is 0 Å². The van der Waals surface area contributed by atoms with Crippen LogP contribution in [0.1, 0.15) is 52.3 Å². The smallest absolute Gasteiger partial charge is 0.407 e. The molecule has 1 heterocycles. The van der Waals surface area contributed by atoms with Gasteiger partial charge in [0.1, 0.15) is 5.82 Å². The SMILES string of the molecule is CC(C)(C)N(CCCCCCc1ncc(-c2ccccc2)[nH]1)C(=O)O. The minimum atomic E-state index is -0.837. The Kier molecular flexibility index (Phi) is 6.62. The number of imidazole rings is 1. The summed E-state index contributed by atoms with van der Waals surface area (Å²) >= 11 is 0. The van der Waals surface area contributed by atoms with Crippen molar-refractivity contribution in [3.05, 3.63) is 42.4 Å². The normalized spacial score (nSPS) is 11.5. The average molecular weight is 343 g/mol. The molecule has 2 N–H and O–H groups in total. The number of H-pyrrole nitrogens is 1. The molecule has 25 heavy (non-hydrogen) atoms. The molecule has 0 saturated carbocycles. The Hall–Kier alpha value is -2.30. The average Bonchev–Trinajstić information content (AvgIpc) is 3.02. The molecule has 1 amide bonds. The van der Waals surface area contributed by atoms with E-state index in [4.69, 9.17) is 0 Å². The number of aromatic amines is 1. The molecular weight excluding hydrogens is 314 g/mol. The zero-order valence-electron chi connectivity index (χ0n) is 15.5. The van der Waals surface area contributed by atoms with Crippen LogP contribution >= 0.6 is 0 Å². The maximum Gasteiger partial charge on any atom is 0.407 e. The van der Waals surface area contributed by atoms with Crippen LogP contribution in [0.25, 0.3) is 11.3 Å². The molecule has 0 fully saturated rings. The molecule has 0 bridgehead atoms. The third-order valence-electron chi connectivity index (χ3n) is 4.30. The van der Waals surface area contributed by atoms with Gasteiger partial charge in [0.15, 0.2) is 0 Å². The second kappa shape index (κ2) is 8.70. The van der Waals surface area contributed by atoms with E-state index in [0.29, 0.717) is 6.54 Å². The van der Waals surface area contributed by atoms with E-state index in [0.717, 1.165) is 49.2 Å². The lowest BCUT2D eigenvalue weighted by atomic mass is 10.1. The first-order valence-electron chi connectivity index (χ1n) is 8.98. The van der Waals surface area contributed by atoms with Gasteiger partial charge >= 0.3 is 6.09 Å². The topological polar surface area (TPSA) is 69.2 Å². The first kappa shape index (κ1) is 19.0. The Morgan fingerprint density at radius 2 is 1.80 bits per heavy atom. The molecule has 2 rings (SSSR count). The van der Waals surface area contributed by atoms with Crippen molar-refractivity contribution in [2.24, 2.45) is 0 Å². The van der Waals surface area contributed by atoms with Crippen molar-refractivity contribution >= 4 is 6.09 Å². The van der Waals surface area contributed by atoms with Gasteiger partial charge in [0.2, 0.25) is 0 Å². The molecule has 2 aromatic rings. The van der Waals surface area contributed by atoms with Crippen molar-refractivity contribution in [1.29, 1.82) is 0 Å². The Labute approximate surface area is 150 Å². The molecule has 0 aliphatic rings. The van der Waals surface area contributed by atoms with E-state index < -0.39 is 6.09 Å². The lowest BCUT2D eigenvalue weighted by Gasteiger charge is -2.33. The van der Waals surface area contributed by atoms with Crippen LogP contribution in [-0.2, 0) is 6.42 Å². The van der Waals surface area contributed by atoms with Crippen LogP contribution in [0.5, 0.6) is 0 Å². The van der Waals surface area contributed by atoms with Gasteiger partial charge in [-0.2, -0.15) is 0 Å². The van der Waals surface area contributed by atoms with Gasteiger partial charge in [0, 0.05) is 18.5 Å². The minimum absolute atomic E-state index is 0.339. The maximum absolute atomic E-state index is 11.3. The number of aromatic nitrogens is 2. The number of hydrogen-bond acceptors (Lipinski definition) is 2. The molecule has 0 aliphatic heterocycles. The molecule has 0 unspecified atom stereocenters. The van der Waals surface area contributed by atoms with Gasteiger partial charge in [-0.25, -0.2) is 9.78 Å². The third-order valence-corrected chi connectivity index (χ3v) is 4.30. The van der Waals surface area contributed by atoms with Gasteiger partial charge in [0.25, 0.3) is 0 Å². The van der Waals surface area contributed by atoms with Gasteiger partial charge < -0.3 is 15.0 Å². The molecule has 1 aromatic carbocycles. The Balaban J connectivity index is 1.68. The Bertz CT molecular complexity index is 659. The highest BCUT2D eigenvalue weighted by Crippen LogP contribution is 2.18. The second-order valence-corrected chi connectivity index (χ2v) is 7.38. The lowest BCUT2D eigenvalue weighted by molar-refractivity contribution is 0.0990. The summed E-state index contributed by atoms with van der Waals surface area (Å²) in [5.74, 6) is 1.01. The summed E-state index contributed by atoms with van der Waals surface area (Å²) in [6.45, 7) is 6.39. The summed E-state index contributed by atoms with van der Waals surface area (Å²) < 4.78 is 0. The Morgan fingerprint density at radius 1 is 1.12 bits per heavy atom. The Morgan fingerprint density at radius 3 is 2.44 bits per heavy atom. The second-order valence-electron chi connectivity index (χ2n) is 7.38. The van der Waals surface area contributed by atoms with Crippen molar-refractivity contribution in [2.45, 2.75) is 58.4 Å². The molecule has 0 atom stereocenters. The van der Waals surface area contributed by atoms with Crippen LogP contribution in [0, 0.1) is 0 Å². The van der Waals surface area contributed by atoms with Crippen molar-refractivity contribution < 1.29 is 9.90 Å². The van der Waals surface area contributed by atoms with Crippen LogP contribution in [0.3, 0.4) is 0 Å². The highest BCUT2D eigenvalue weighted by molar-refractivity contribution is 5.65. The molecule has 0 aliphatic carbocycles. The fourth-order valence-electron chi connectivity index (χ4n) is 2.89. The first-order chi connectivity index (χ1) is 11.9. The van der Waals surface area contributed by atoms with E-state index >= 15 is 0 Å². The third kappa shape index (κ3) is 5.93. The van der Waals surface area contributed by atoms with Crippen LogP contribution in [0.15, 0.2) is 36.5 Å². The standard InChI is InChI=1S/C20H29N3O2/c1-20(2,3)23(19(24)25)14-10-5-4-9-13-18-21-15-17(22-18)16-11-7-6-8-12-16/h6-8,11-12,15H,4-5,9-10,13-14H2,1-3H3,(H,21,22)(H,24,25). The number of nitrogens with zero attached hydrogens (tertiary/aromatic N) is 2. The number of aryl methyl sites for hydroxylation is 1. The zero-order chi connectivity index (χ0) is 18.3.